The van der Waals surface area contributed by atoms with Crippen molar-refractivity contribution in [3.8, 4) is 5.75 Å². The molecule has 0 amide bonds. The van der Waals surface area contributed by atoms with Crippen molar-refractivity contribution in [1.29, 1.82) is 0 Å². The summed E-state index contributed by atoms with van der Waals surface area (Å²) in [5.41, 5.74) is 5.13. The molecule has 2 heterocycles. The molecule has 1 saturated heterocycles. The van der Waals surface area contributed by atoms with Gasteiger partial charge < -0.3 is 10.2 Å². The van der Waals surface area contributed by atoms with Crippen LogP contribution in [0.25, 0.3) is 0 Å². The Morgan fingerprint density at radius 1 is 1.10 bits per heavy atom. The SMILES string of the molecule is Cc1nn(CC2CC2)c2c1C[C@@]1(O)[C@H]3Cc4ccc(O)cc4[C@@]1(CCN3CC1CC1)C2. The minimum Gasteiger partial charge on any atom is -0.508 e. The summed E-state index contributed by atoms with van der Waals surface area (Å²) in [5, 5.41) is 28.0. The lowest BCUT2D eigenvalue weighted by molar-refractivity contribution is -0.152. The van der Waals surface area contributed by atoms with E-state index in [-0.39, 0.29) is 11.5 Å². The van der Waals surface area contributed by atoms with Crippen LogP contribution in [0.1, 0.15) is 60.2 Å². The zero-order valence-electron chi connectivity index (χ0n) is 18.5. The summed E-state index contributed by atoms with van der Waals surface area (Å²) in [6.45, 7) is 5.33. The second kappa shape index (κ2) is 6.14. The second-order valence-corrected chi connectivity index (χ2v) is 11.2. The van der Waals surface area contributed by atoms with E-state index in [0.29, 0.717) is 12.2 Å². The van der Waals surface area contributed by atoms with Crippen molar-refractivity contribution < 1.29 is 10.2 Å². The van der Waals surface area contributed by atoms with Crippen LogP contribution in [-0.4, -0.2) is 49.6 Å². The Kier molecular flexibility index (Phi) is 3.70. The number of benzene rings is 1. The van der Waals surface area contributed by atoms with Crippen LogP contribution in [0.2, 0.25) is 0 Å². The summed E-state index contributed by atoms with van der Waals surface area (Å²) >= 11 is 0. The highest BCUT2D eigenvalue weighted by atomic mass is 16.3. The van der Waals surface area contributed by atoms with E-state index in [4.69, 9.17) is 5.10 Å². The van der Waals surface area contributed by atoms with Gasteiger partial charge in [-0.15, -0.1) is 0 Å². The van der Waals surface area contributed by atoms with Gasteiger partial charge in [0.05, 0.1) is 11.3 Å². The molecule has 2 saturated carbocycles. The Morgan fingerprint density at radius 3 is 2.65 bits per heavy atom. The van der Waals surface area contributed by atoms with Crippen molar-refractivity contribution in [3.05, 3.63) is 46.3 Å². The molecule has 2 aromatic rings. The molecule has 7 rings (SSSR count). The van der Waals surface area contributed by atoms with Crippen LogP contribution in [0.4, 0.5) is 0 Å². The topological polar surface area (TPSA) is 61.5 Å². The zero-order valence-corrected chi connectivity index (χ0v) is 18.5. The molecular weight excluding hydrogens is 386 g/mol. The molecule has 1 aromatic carbocycles. The number of phenols is 1. The number of likely N-dealkylation sites (tertiary alicyclic amines) is 1. The summed E-state index contributed by atoms with van der Waals surface area (Å²) in [6, 6.07) is 6.06. The van der Waals surface area contributed by atoms with Crippen LogP contribution in [0, 0.1) is 18.8 Å². The van der Waals surface area contributed by atoms with E-state index in [0.717, 1.165) is 56.4 Å². The molecule has 2 bridgehead atoms. The average molecular weight is 420 g/mol. The van der Waals surface area contributed by atoms with Gasteiger partial charge >= 0.3 is 0 Å². The third kappa shape index (κ3) is 2.59. The molecule has 2 N–H and O–H groups in total. The fourth-order valence-corrected chi connectivity index (χ4v) is 7.21. The van der Waals surface area contributed by atoms with Crippen molar-refractivity contribution in [2.75, 3.05) is 13.1 Å². The number of aryl methyl sites for hydroxylation is 1. The fourth-order valence-electron chi connectivity index (χ4n) is 7.21. The number of aliphatic hydroxyl groups is 1. The normalized spacial score (nSPS) is 34.2. The van der Waals surface area contributed by atoms with E-state index in [2.05, 4.69) is 22.6 Å². The fraction of sp³-hybridized carbons (Fsp3) is 0.654. The van der Waals surface area contributed by atoms with E-state index in [1.54, 1.807) is 0 Å². The summed E-state index contributed by atoms with van der Waals surface area (Å²) < 4.78 is 2.28. The molecule has 5 heteroatoms. The maximum Gasteiger partial charge on any atom is 0.115 e. The lowest BCUT2D eigenvalue weighted by atomic mass is 9.49. The molecule has 1 aliphatic heterocycles. The van der Waals surface area contributed by atoms with E-state index in [1.807, 2.05) is 12.1 Å². The molecular formula is C26H33N3O2. The number of aromatic hydroxyl groups is 1. The first-order chi connectivity index (χ1) is 15.0. The van der Waals surface area contributed by atoms with Gasteiger partial charge in [0, 0.05) is 43.1 Å². The summed E-state index contributed by atoms with van der Waals surface area (Å²) in [4.78, 5) is 2.61. The Labute approximate surface area is 184 Å². The number of hydrogen-bond donors (Lipinski definition) is 2. The zero-order chi connectivity index (χ0) is 21.0. The molecule has 1 aromatic heterocycles. The molecule has 0 spiro atoms. The van der Waals surface area contributed by atoms with Crippen molar-refractivity contribution in [3.63, 3.8) is 0 Å². The van der Waals surface area contributed by atoms with Gasteiger partial charge in [-0.2, -0.15) is 5.10 Å². The quantitative estimate of drug-likeness (QED) is 0.799. The molecule has 164 valence electrons. The van der Waals surface area contributed by atoms with Crippen molar-refractivity contribution >= 4 is 0 Å². The van der Waals surface area contributed by atoms with Crippen LogP contribution in [0.5, 0.6) is 5.75 Å². The monoisotopic (exact) mass is 419 g/mol. The van der Waals surface area contributed by atoms with Gasteiger partial charge in [-0.3, -0.25) is 9.58 Å². The third-order valence-electron chi connectivity index (χ3n) is 9.27. The second-order valence-electron chi connectivity index (χ2n) is 11.2. The first-order valence-corrected chi connectivity index (χ1v) is 12.3. The largest absolute Gasteiger partial charge is 0.508 e. The van der Waals surface area contributed by atoms with Crippen LogP contribution in [-0.2, 0) is 31.2 Å². The predicted octanol–water partition coefficient (Wildman–Crippen LogP) is 3.12. The molecule has 0 radical (unpaired) electrons. The van der Waals surface area contributed by atoms with Gasteiger partial charge in [-0.1, -0.05) is 6.07 Å². The van der Waals surface area contributed by atoms with E-state index >= 15 is 0 Å². The van der Waals surface area contributed by atoms with E-state index in [9.17, 15) is 10.2 Å². The van der Waals surface area contributed by atoms with E-state index in [1.165, 1.54) is 48.1 Å². The van der Waals surface area contributed by atoms with E-state index < -0.39 is 5.60 Å². The highest BCUT2D eigenvalue weighted by Crippen LogP contribution is 2.58. The Balaban J connectivity index is 1.40. The van der Waals surface area contributed by atoms with Crippen LogP contribution in [0.15, 0.2) is 18.2 Å². The minimum atomic E-state index is -0.799. The Bertz CT molecular complexity index is 1070. The third-order valence-corrected chi connectivity index (χ3v) is 9.27. The lowest BCUT2D eigenvalue weighted by Crippen LogP contribution is -2.74. The highest BCUT2D eigenvalue weighted by molar-refractivity contribution is 5.52. The number of nitrogens with zero attached hydrogens (tertiary/aromatic N) is 3. The predicted molar refractivity (Wildman–Crippen MR) is 118 cm³/mol. The number of aromatic nitrogens is 2. The summed E-state index contributed by atoms with van der Waals surface area (Å²) in [7, 11) is 0. The molecule has 5 aliphatic rings. The summed E-state index contributed by atoms with van der Waals surface area (Å²) in [6.07, 6.45) is 8.69. The minimum absolute atomic E-state index is 0.151. The van der Waals surface area contributed by atoms with Crippen molar-refractivity contribution in [2.45, 2.75) is 81.9 Å². The number of fused-ring (bicyclic) bond motifs is 2. The van der Waals surface area contributed by atoms with Crippen molar-refractivity contribution in [2.24, 2.45) is 11.8 Å². The smallest absolute Gasteiger partial charge is 0.115 e. The van der Waals surface area contributed by atoms with Crippen molar-refractivity contribution in [1.82, 2.24) is 14.7 Å². The lowest BCUT2D eigenvalue weighted by Gasteiger charge is -2.63. The average Bonchev–Trinajstić information content (AvgIpc) is 3.65. The Hall–Kier alpha value is -1.85. The number of piperidine rings is 1. The molecule has 5 nitrogen and oxygen atoms in total. The molecule has 4 aliphatic carbocycles. The first kappa shape index (κ1) is 18.7. The highest BCUT2D eigenvalue weighted by Gasteiger charge is 2.65. The standard InChI is InChI=1S/C26H33N3O2/c1-16-21-12-26(31)24-10-19-6-7-20(30)11-22(19)25(26,8-9-28(24)14-17-2-3-17)13-23(21)29(27-16)15-18-4-5-18/h6-7,11,17-18,24,30-31H,2-5,8-10,12-15H2,1H3/t24-,25-,26-/m1/s1. The first-order valence-electron chi connectivity index (χ1n) is 12.3. The van der Waals surface area contributed by atoms with Crippen LogP contribution >= 0.6 is 0 Å². The maximum atomic E-state index is 12.6. The van der Waals surface area contributed by atoms with Gasteiger partial charge in [0.25, 0.3) is 0 Å². The number of phenolic OH excluding ortho intramolecular Hbond substituents is 1. The van der Waals surface area contributed by atoms with Gasteiger partial charge in [-0.25, -0.2) is 0 Å². The number of rotatable bonds is 4. The molecule has 0 unspecified atom stereocenters. The Morgan fingerprint density at radius 2 is 1.87 bits per heavy atom. The maximum absolute atomic E-state index is 12.6. The van der Waals surface area contributed by atoms with Gasteiger partial charge in [0.1, 0.15) is 5.75 Å². The number of hydrogen-bond acceptors (Lipinski definition) is 4. The van der Waals surface area contributed by atoms with Gasteiger partial charge in [-0.05, 0) is 92.7 Å². The van der Waals surface area contributed by atoms with Crippen LogP contribution < -0.4 is 0 Å². The van der Waals surface area contributed by atoms with Gasteiger partial charge in [0.2, 0.25) is 0 Å². The molecule has 3 fully saturated rings. The molecule has 3 atom stereocenters. The summed E-state index contributed by atoms with van der Waals surface area (Å²) in [5.74, 6) is 1.92. The van der Waals surface area contributed by atoms with Gasteiger partial charge in [0.15, 0.2) is 0 Å². The molecule has 31 heavy (non-hydrogen) atoms. The van der Waals surface area contributed by atoms with Crippen LogP contribution in [0.3, 0.4) is 0 Å².